The SMILES string of the molecule is C=C/C=C/C=CCCCCCCCCCC. The minimum atomic E-state index is 1.22. The molecular formula is C16H28. The number of rotatable bonds is 11. The summed E-state index contributed by atoms with van der Waals surface area (Å²) in [5.74, 6) is 0. The second kappa shape index (κ2) is 14.2. The molecule has 0 unspecified atom stereocenters. The van der Waals surface area contributed by atoms with Gasteiger partial charge in [-0.15, -0.1) is 0 Å². The summed E-state index contributed by atoms with van der Waals surface area (Å²) in [6.07, 6.45) is 22.6. The van der Waals surface area contributed by atoms with E-state index in [1.54, 1.807) is 6.08 Å². The molecule has 0 radical (unpaired) electrons. The van der Waals surface area contributed by atoms with E-state index < -0.39 is 0 Å². The second-order valence-corrected chi connectivity index (χ2v) is 4.31. The van der Waals surface area contributed by atoms with Crippen molar-refractivity contribution in [1.29, 1.82) is 0 Å². The standard InChI is InChI=1S/C16H28/c1-3-5-7-9-11-13-15-16-14-12-10-8-6-4-2/h3,5,7,9,11H,1,4,6,8,10,12-16H2,2H3/b7-5+,11-9?. The molecule has 92 valence electrons. The molecule has 0 fully saturated rings. The van der Waals surface area contributed by atoms with Crippen LogP contribution >= 0.6 is 0 Å². The monoisotopic (exact) mass is 220 g/mol. The highest BCUT2D eigenvalue weighted by Gasteiger charge is 1.89. The normalized spacial score (nSPS) is 11.6. The Balaban J connectivity index is 3.06. The summed E-state index contributed by atoms with van der Waals surface area (Å²) in [6.45, 7) is 5.90. The van der Waals surface area contributed by atoms with E-state index in [1.807, 2.05) is 12.2 Å². The Hall–Kier alpha value is -0.780. The first-order chi connectivity index (χ1) is 7.91. The van der Waals surface area contributed by atoms with Gasteiger partial charge in [0.05, 0.1) is 0 Å². The zero-order chi connectivity index (χ0) is 11.9. The molecule has 0 aliphatic heterocycles. The van der Waals surface area contributed by atoms with Gasteiger partial charge in [0.15, 0.2) is 0 Å². The first-order valence-corrected chi connectivity index (χ1v) is 6.86. The molecule has 0 rings (SSSR count). The van der Waals surface area contributed by atoms with E-state index in [4.69, 9.17) is 0 Å². The lowest BCUT2D eigenvalue weighted by molar-refractivity contribution is 0.577. The Labute approximate surface area is 102 Å². The summed E-state index contributed by atoms with van der Waals surface area (Å²) >= 11 is 0. The Bertz CT molecular complexity index is 186. The minimum absolute atomic E-state index is 1.22. The summed E-state index contributed by atoms with van der Waals surface area (Å²) in [4.78, 5) is 0. The molecule has 0 saturated heterocycles. The molecule has 0 atom stereocenters. The van der Waals surface area contributed by atoms with Gasteiger partial charge < -0.3 is 0 Å². The van der Waals surface area contributed by atoms with E-state index in [2.05, 4.69) is 25.7 Å². The predicted molar refractivity (Wildman–Crippen MR) is 75.7 cm³/mol. The van der Waals surface area contributed by atoms with E-state index in [9.17, 15) is 0 Å². The van der Waals surface area contributed by atoms with Crippen molar-refractivity contribution in [3.8, 4) is 0 Å². The van der Waals surface area contributed by atoms with Gasteiger partial charge in [0.2, 0.25) is 0 Å². The van der Waals surface area contributed by atoms with Crippen LogP contribution < -0.4 is 0 Å². The fraction of sp³-hybridized carbons (Fsp3) is 0.625. The first kappa shape index (κ1) is 15.2. The highest BCUT2D eigenvalue weighted by molar-refractivity contribution is 5.08. The molecule has 0 N–H and O–H groups in total. The largest absolute Gasteiger partial charge is 0.0991 e. The molecule has 0 heterocycles. The van der Waals surface area contributed by atoms with Gasteiger partial charge in [0.25, 0.3) is 0 Å². The Kier molecular flexibility index (Phi) is 13.5. The van der Waals surface area contributed by atoms with Crippen molar-refractivity contribution in [1.82, 2.24) is 0 Å². The lowest BCUT2D eigenvalue weighted by Crippen LogP contribution is -1.79. The van der Waals surface area contributed by atoms with Gasteiger partial charge in [-0.3, -0.25) is 0 Å². The van der Waals surface area contributed by atoms with Crippen LogP contribution in [-0.2, 0) is 0 Å². The first-order valence-electron chi connectivity index (χ1n) is 6.86. The summed E-state index contributed by atoms with van der Waals surface area (Å²) < 4.78 is 0. The van der Waals surface area contributed by atoms with Crippen LogP contribution in [0.25, 0.3) is 0 Å². The van der Waals surface area contributed by atoms with E-state index >= 15 is 0 Å². The molecular weight excluding hydrogens is 192 g/mol. The lowest BCUT2D eigenvalue weighted by atomic mass is 10.1. The number of allylic oxidation sites excluding steroid dienone is 5. The van der Waals surface area contributed by atoms with Gasteiger partial charge in [-0.2, -0.15) is 0 Å². The highest BCUT2D eigenvalue weighted by atomic mass is 14.0. The third-order valence-electron chi connectivity index (χ3n) is 2.72. The third-order valence-corrected chi connectivity index (χ3v) is 2.72. The maximum atomic E-state index is 3.63. The average Bonchev–Trinajstić information content (AvgIpc) is 2.31. The summed E-state index contributed by atoms with van der Waals surface area (Å²) in [5.41, 5.74) is 0. The maximum absolute atomic E-state index is 3.63. The highest BCUT2D eigenvalue weighted by Crippen LogP contribution is 2.09. The smallest absolute Gasteiger partial charge is 0.0348 e. The number of unbranched alkanes of at least 4 members (excludes halogenated alkanes) is 8. The molecule has 0 aliphatic rings. The van der Waals surface area contributed by atoms with Crippen LogP contribution in [0.3, 0.4) is 0 Å². The van der Waals surface area contributed by atoms with Gasteiger partial charge in [-0.25, -0.2) is 0 Å². The molecule has 0 bridgehead atoms. The molecule has 0 nitrogen and oxygen atoms in total. The van der Waals surface area contributed by atoms with Gasteiger partial charge in [0, 0.05) is 0 Å². The van der Waals surface area contributed by atoms with Gasteiger partial charge in [-0.05, 0) is 12.8 Å². The topological polar surface area (TPSA) is 0 Å². The maximum Gasteiger partial charge on any atom is -0.0348 e. The van der Waals surface area contributed by atoms with Crippen LogP contribution in [0.15, 0.2) is 37.0 Å². The van der Waals surface area contributed by atoms with Crippen LogP contribution in [0, 0.1) is 0 Å². The Morgan fingerprint density at radius 3 is 2.00 bits per heavy atom. The van der Waals surface area contributed by atoms with E-state index in [1.165, 1.54) is 57.8 Å². The Morgan fingerprint density at radius 2 is 1.38 bits per heavy atom. The van der Waals surface area contributed by atoms with Gasteiger partial charge >= 0.3 is 0 Å². The molecule has 0 amide bonds. The van der Waals surface area contributed by atoms with Crippen molar-refractivity contribution in [2.75, 3.05) is 0 Å². The van der Waals surface area contributed by atoms with Crippen molar-refractivity contribution >= 4 is 0 Å². The van der Waals surface area contributed by atoms with Gasteiger partial charge in [0.1, 0.15) is 0 Å². The van der Waals surface area contributed by atoms with Crippen LogP contribution in [0.2, 0.25) is 0 Å². The fourth-order valence-corrected chi connectivity index (χ4v) is 1.71. The number of hydrogen-bond acceptors (Lipinski definition) is 0. The molecule has 0 aromatic heterocycles. The van der Waals surface area contributed by atoms with Crippen molar-refractivity contribution in [3.63, 3.8) is 0 Å². The molecule has 0 aromatic carbocycles. The second-order valence-electron chi connectivity index (χ2n) is 4.31. The number of hydrogen-bond donors (Lipinski definition) is 0. The molecule has 0 saturated carbocycles. The van der Waals surface area contributed by atoms with Crippen molar-refractivity contribution < 1.29 is 0 Å². The quantitative estimate of drug-likeness (QED) is 0.304. The zero-order valence-electron chi connectivity index (χ0n) is 11.0. The van der Waals surface area contributed by atoms with Crippen molar-refractivity contribution in [3.05, 3.63) is 37.0 Å². The molecule has 0 aliphatic carbocycles. The van der Waals surface area contributed by atoms with Crippen molar-refractivity contribution in [2.45, 2.75) is 64.7 Å². The summed E-state index contributed by atoms with van der Waals surface area (Å²) in [6, 6.07) is 0. The van der Waals surface area contributed by atoms with E-state index in [0.29, 0.717) is 0 Å². The zero-order valence-corrected chi connectivity index (χ0v) is 11.0. The predicted octanol–water partition coefficient (Wildman–Crippen LogP) is 5.82. The Morgan fingerprint density at radius 1 is 0.750 bits per heavy atom. The molecule has 0 spiro atoms. The minimum Gasteiger partial charge on any atom is -0.0991 e. The van der Waals surface area contributed by atoms with Crippen LogP contribution in [0.5, 0.6) is 0 Å². The van der Waals surface area contributed by atoms with Gasteiger partial charge in [-0.1, -0.05) is 88.8 Å². The summed E-state index contributed by atoms with van der Waals surface area (Å²) in [5, 5.41) is 0. The summed E-state index contributed by atoms with van der Waals surface area (Å²) in [7, 11) is 0. The van der Waals surface area contributed by atoms with Crippen LogP contribution in [0.1, 0.15) is 64.7 Å². The van der Waals surface area contributed by atoms with Crippen LogP contribution in [-0.4, -0.2) is 0 Å². The molecule has 0 heteroatoms. The fourth-order valence-electron chi connectivity index (χ4n) is 1.71. The van der Waals surface area contributed by atoms with E-state index in [0.717, 1.165) is 0 Å². The molecule has 0 aromatic rings. The molecule has 16 heavy (non-hydrogen) atoms. The van der Waals surface area contributed by atoms with Crippen LogP contribution in [0.4, 0.5) is 0 Å². The average molecular weight is 220 g/mol. The van der Waals surface area contributed by atoms with Crippen molar-refractivity contribution in [2.24, 2.45) is 0 Å². The third kappa shape index (κ3) is 13.2. The lowest BCUT2D eigenvalue weighted by Gasteiger charge is -1.99. The van der Waals surface area contributed by atoms with E-state index in [-0.39, 0.29) is 0 Å².